The highest BCUT2D eigenvalue weighted by atomic mass is 79.9. The Morgan fingerprint density at radius 2 is 1.88 bits per heavy atom. The molecule has 0 atom stereocenters. The second-order valence-corrected chi connectivity index (χ2v) is 8.74. The quantitative estimate of drug-likeness (QED) is 0.415. The number of aromatic nitrogens is 1. The predicted octanol–water partition coefficient (Wildman–Crippen LogP) is 4.91. The van der Waals surface area contributed by atoms with Crippen molar-refractivity contribution in [1.29, 1.82) is 0 Å². The first-order valence-electron chi connectivity index (χ1n) is 10.7. The Morgan fingerprint density at radius 3 is 2.72 bits per heavy atom. The molecule has 0 radical (unpaired) electrons. The van der Waals surface area contributed by atoms with Gasteiger partial charge in [0.2, 0.25) is 5.89 Å². The van der Waals surface area contributed by atoms with Crippen LogP contribution in [0, 0.1) is 0 Å². The van der Waals surface area contributed by atoms with Crippen molar-refractivity contribution >= 4 is 38.6 Å². The van der Waals surface area contributed by atoms with E-state index in [1.54, 1.807) is 12.1 Å². The van der Waals surface area contributed by atoms with Gasteiger partial charge in [-0.3, -0.25) is 9.69 Å². The summed E-state index contributed by atoms with van der Waals surface area (Å²) in [6.45, 7) is 4.87. The molecule has 7 heteroatoms. The molecule has 1 saturated heterocycles. The standard InChI is InChI=1S/C25H23BrN4O2/c26-19-7-3-5-17(15-19)24(31)28-21-9-2-1-8-20(21)25-29-22-10-4-6-18(23(22)32-25)16-30-13-11-27-12-14-30/h1-10,15,27H,11-14,16H2,(H,28,31). The fourth-order valence-electron chi connectivity index (χ4n) is 3.96. The van der Waals surface area contributed by atoms with Gasteiger partial charge in [-0.05, 0) is 36.4 Å². The molecule has 0 aliphatic carbocycles. The molecule has 1 fully saturated rings. The third-order valence-electron chi connectivity index (χ3n) is 5.59. The van der Waals surface area contributed by atoms with Crippen LogP contribution in [-0.4, -0.2) is 42.0 Å². The average Bonchev–Trinajstić information content (AvgIpc) is 3.25. The molecule has 1 aromatic heterocycles. The predicted molar refractivity (Wildman–Crippen MR) is 130 cm³/mol. The Morgan fingerprint density at radius 1 is 1.06 bits per heavy atom. The van der Waals surface area contributed by atoms with E-state index in [1.807, 2.05) is 48.5 Å². The zero-order valence-corrected chi connectivity index (χ0v) is 19.1. The summed E-state index contributed by atoms with van der Waals surface area (Å²) in [7, 11) is 0. The van der Waals surface area contributed by atoms with Gasteiger partial charge in [-0.1, -0.05) is 46.3 Å². The van der Waals surface area contributed by atoms with E-state index in [1.165, 1.54) is 0 Å². The SMILES string of the molecule is O=C(Nc1ccccc1-c1nc2cccc(CN3CCNCC3)c2o1)c1cccc(Br)c1. The minimum atomic E-state index is -0.186. The highest BCUT2D eigenvalue weighted by Gasteiger charge is 2.18. The van der Waals surface area contributed by atoms with Crippen molar-refractivity contribution in [2.24, 2.45) is 0 Å². The summed E-state index contributed by atoms with van der Waals surface area (Å²) < 4.78 is 7.12. The Bertz CT molecular complexity index is 1260. The zero-order chi connectivity index (χ0) is 21.9. The van der Waals surface area contributed by atoms with E-state index < -0.39 is 0 Å². The maximum atomic E-state index is 12.8. The number of anilines is 1. The van der Waals surface area contributed by atoms with Crippen LogP contribution in [0.1, 0.15) is 15.9 Å². The number of carbonyl (C=O) groups excluding carboxylic acids is 1. The normalized spacial score (nSPS) is 14.5. The highest BCUT2D eigenvalue weighted by molar-refractivity contribution is 9.10. The number of fused-ring (bicyclic) bond motifs is 1. The van der Waals surface area contributed by atoms with E-state index >= 15 is 0 Å². The third-order valence-corrected chi connectivity index (χ3v) is 6.09. The van der Waals surface area contributed by atoms with Crippen molar-refractivity contribution in [2.45, 2.75) is 6.54 Å². The number of hydrogen-bond acceptors (Lipinski definition) is 5. The molecule has 6 nitrogen and oxygen atoms in total. The summed E-state index contributed by atoms with van der Waals surface area (Å²) in [5.74, 6) is 0.312. The number of benzene rings is 3. The second kappa shape index (κ2) is 9.24. The molecule has 3 aromatic carbocycles. The van der Waals surface area contributed by atoms with Crippen LogP contribution in [0.15, 0.2) is 75.6 Å². The minimum Gasteiger partial charge on any atom is -0.436 e. The average molecular weight is 491 g/mol. The smallest absolute Gasteiger partial charge is 0.255 e. The van der Waals surface area contributed by atoms with Gasteiger partial charge in [0.25, 0.3) is 5.91 Å². The first-order chi connectivity index (χ1) is 15.7. The van der Waals surface area contributed by atoms with Crippen molar-refractivity contribution in [3.63, 3.8) is 0 Å². The Labute approximate surface area is 194 Å². The molecule has 2 N–H and O–H groups in total. The van der Waals surface area contributed by atoms with Crippen molar-refractivity contribution in [1.82, 2.24) is 15.2 Å². The number of carbonyl (C=O) groups is 1. The van der Waals surface area contributed by atoms with E-state index in [0.29, 0.717) is 17.1 Å². The van der Waals surface area contributed by atoms with Gasteiger partial charge in [-0.2, -0.15) is 0 Å². The van der Waals surface area contributed by atoms with Crippen LogP contribution < -0.4 is 10.6 Å². The monoisotopic (exact) mass is 490 g/mol. The number of nitrogens with zero attached hydrogens (tertiary/aromatic N) is 2. The first-order valence-corrected chi connectivity index (χ1v) is 11.4. The Kier molecular flexibility index (Phi) is 6.03. The molecule has 0 unspecified atom stereocenters. The van der Waals surface area contributed by atoms with E-state index in [0.717, 1.165) is 59.4 Å². The minimum absolute atomic E-state index is 0.186. The summed E-state index contributed by atoms with van der Waals surface area (Å²) >= 11 is 3.42. The van der Waals surface area contributed by atoms with Crippen LogP contribution in [0.2, 0.25) is 0 Å². The molecule has 32 heavy (non-hydrogen) atoms. The second-order valence-electron chi connectivity index (χ2n) is 7.82. The van der Waals surface area contributed by atoms with Gasteiger partial charge in [-0.15, -0.1) is 0 Å². The molecular formula is C25H23BrN4O2. The zero-order valence-electron chi connectivity index (χ0n) is 17.5. The summed E-state index contributed by atoms with van der Waals surface area (Å²) in [5, 5.41) is 6.39. The van der Waals surface area contributed by atoms with E-state index in [2.05, 4.69) is 37.5 Å². The molecule has 2 heterocycles. The molecule has 1 amide bonds. The lowest BCUT2D eigenvalue weighted by molar-refractivity contribution is 0.102. The molecule has 4 aromatic rings. The maximum Gasteiger partial charge on any atom is 0.255 e. The number of hydrogen-bond donors (Lipinski definition) is 2. The number of rotatable bonds is 5. The molecule has 1 aliphatic rings. The maximum absolute atomic E-state index is 12.8. The van der Waals surface area contributed by atoms with Crippen molar-refractivity contribution in [2.75, 3.05) is 31.5 Å². The summed E-state index contributed by atoms with van der Waals surface area (Å²) in [5.41, 5.74) is 4.73. The van der Waals surface area contributed by atoms with Crippen molar-refractivity contribution < 1.29 is 9.21 Å². The Hall–Kier alpha value is -3.00. The van der Waals surface area contributed by atoms with Gasteiger partial charge in [-0.25, -0.2) is 4.98 Å². The summed E-state index contributed by atoms with van der Waals surface area (Å²) in [6.07, 6.45) is 0. The largest absolute Gasteiger partial charge is 0.436 e. The number of piperazine rings is 1. The molecule has 0 bridgehead atoms. The van der Waals surface area contributed by atoms with Gasteiger partial charge in [0.05, 0.1) is 11.3 Å². The summed E-state index contributed by atoms with van der Waals surface area (Å²) in [4.78, 5) is 20.0. The van der Waals surface area contributed by atoms with E-state index in [4.69, 9.17) is 9.40 Å². The molecule has 0 saturated carbocycles. The van der Waals surface area contributed by atoms with Gasteiger partial charge in [0.1, 0.15) is 5.52 Å². The summed E-state index contributed by atoms with van der Waals surface area (Å²) in [6, 6.07) is 21.0. The lowest BCUT2D eigenvalue weighted by Gasteiger charge is -2.27. The van der Waals surface area contributed by atoms with Crippen molar-refractivity contribution in [3.8, 4) is 11.5 Å². The van der Waals surface area contributed by atoms with Crippen LogP contribution in [-0.2, 0) is 6.54 Å². The number of nitrogens with one attached hydrogen (secondary N) is 2. The van der Waals surface area contributed by atoms with Crippen LogP contribution in [0.4, 0.5) is 5.69 Å². The van der Waals surface area contributed by atoms with E-state index in [9.17, 15) is 4.79 Å². The fourth-order valence-corrected chi connectivity index (χ4v) is 4.36. The third kappa shape index (κ3) is 4.46. The molecule has 1 aliphatic heterocycles. The first kappa shape index (κ1) is 20.9. The Balaban J connectivity index is 1.45. The molecule has 0 spiro atoms. The van der Waals surface area contributed by atoms with Gasteiger partial charge >= 0.3 is 0 Å². The highest BCUT2D eigenvalue weighted by Crippen LogP contribution is 2.32. The van der Waals surface area contributed by atoms with Crippen LogP contribution in [0.3, 0.4) is 0 Å². The molecule has 162 valence electrons. The van der Waals surface area contributed by atoms with Crippen molar-refractivity contribution in [3.05, 3.63) is 82.3 Å². The number of oxazole rings is 1. The lowest BCUT2D eigenvalue weighted by Crippen LogP contribution is -2.42. The topological polar surface area (TPSA) is 70.4 Å². The number of para-hydroxylation sites is 2. The molecular weight excluding hydrogens is 468 g/mol. The number of halogens is 1. The fraction of sp³-hybridized carbons (Fsp3) is 0.200. The van der Waals surface area contributed by atoms with Crippen LogP contribution in [0.25, 0.3) is 22.6 Å². The lowest BCUT2D eigenvalue weighted by atomic mass is 10.1. The van der Waals surface area contributed by atoms with Gasteiger partial charge in [0, 0.05) is 48.3 Å². The molecule has 5 rings (SSSR count). The van der Waals surface area contributed by atoms with E-state index in [-0.39, 0.29) is 5.91 Å². The van der Waals surface area contributed by atoms with Gasteiger partial charge in [0.15, 0.2) is 5.58 Å². The van der Waals surface area contributed by atoms with Crippen LogP contribution in [0.5, 0.6) is 0 Å². The number of amides is 1. The van der Waals surface area contributed by atoms with Gasteiger partial charge < -0.3 is 15.1 Å². The van der Waals surface area contributed by atoms with Crippen LogP contribution >= 0.6 is 15.9 Å².